The number of aromatic nitrogens is 2. The van der Waals surface area contributed by atoms with Gasteiger partial charge in [0.1, 0.15) is 5.75 Å². The van der Waals surface area contributed by atoms with E-state index in [0.717, 1.165) is 16.9 Å². The molecule has 0 amide bonds. The lowest BCUT2D eigenvalue weighted by Gasteiger charge is -2.06. The van der Waals surface area contributed by atoms with Crippen molar-refractivity contribution in [2.75, 3.05) is 7.11 Å². The Hall–Kier alpha value is -1.68. The average molecular weight is 218 g/mol. The van der Waals surface area contributed by atoms with Crippen molar-refractivity contribution in [1.29, 1.82) is 0 Å². The summed E-state index contributed by atoms with van der Waals surface area (Å²) in [4.78, 5) is 6.93. The van der Waals surface area contributed by atoms with Crippen LogP contribution in [0, 0.1) is 4.77 Å². The summed E-state index contributed by atoms with van der Waals surface area (Å²) in [7, 11) is 1.65. The smallest absolute Gasteiger partial charge is 0.196 e. The van der Waals surface area contributed by atoms with E-state index in [1.165, 1.54) is 0 Å². The summed E-state index contributed by atoms with van der Waals surface area (Å²) in [6.07, 6.45) is 3.56. The van der Waals surface area contributed by atoms with Crippen LogP contribution in [0.1, 0.15) is 0 Å². The lowest BCUT2D eigenvalue weighted by atomic mass is 10.1. The number of hydrogen-bond acceptors (Lipinski definition) is 3. The Balaban J connectivity index is 2.53. The highest BCUT2D eigenvalue weighted by atomic mass is 32.1. The third-order valence-electron chi connectivity index (χ3n) is 2.09. The van der Waals surface area contributed by atoms with Gasteiger partial charge in [0.25, 0.3) is 0 Å². The first kappa shape index (κ1) is 9.86. The third kappa shape index (κ3) is 2.05. The molecule has 1 N–H and O–H groups in total. The molecule has 0 saturated heterocycles. The van der Waals surface area contributed by atoms with Gasteiger partial charge in [-0.05, 0) is 18.3 Å². The zero-order chi connectivity index (χ0) is 10.7. The SMILES string of the molecule is COc1ccccc1-c1cnc(=S)[nH]c1. The van der Waals surface area contributed by atoms with Gasteiger partial charge in [0, 0.05) is 23.5 Å². The van der Waals surface area contributed by atoms with Gasteiger partial charge in [0.2, 0.25) is 0 Å². The van der Waals surface area contributed by atoms with Crippen molar-refractivity contribution >= 4 is 12.2 Å². The summed E-state index contributed by atoms with van der Waals surface area (Å²) in [6.45, 7) is 0. The summed E-state index contributed by atoms with van der Waals surface area (Å²) in [5.74, 6) is 0.824. The summed E-state index contributed by atoms with van der Waals surface area (Å²) in [5.41, 5.74) is 1.96. The molecule has 0 bridgehead atoms. The predicted octanol–water partition coefficient (Wildman–Crippen LogP) is 2.81. The molecule has 0 aliphatic carbocycles. The largest absolute Gasteiger partial charge is 0.496 e. The quantitative estimate of drug-likeness (QED) is 0.788. The number of methoxy groups -OCH3 is 1. The second kappa shape index (κ2) is 4.23. The number of nitrogens with zero attached hydrogens (tertiary/aromatic N) is 1. The number of ether oxygens (including phenoxy) is 1. The van der Waals surface area contributed by atoms with Crippen LogP contribution < -0.4 is 4.74 Å². The molecule has 4 heteroatoms. The predicted molar refractivity (Wildman–Crippen MR) is 61.4 cm³/mol. The van der Waals surface area contributed by atoms with E-state index in [1.54, 1.807) is 13.3 Å². The van der Waals surface area contributed by atoms with Gasteiger partial charge in [0.15, 0.2) is 4.77 Å². The van der Waals surface area contributed by atoms with Gasteiger partial charge in [-0.2, -0.15) is 0 Å². The number of aromatic amines is 1. The zero-order valence-electron chi connectivity index (χ0n) is 8.23. The van der Waals surface area contributed by atoms with Gasteiger partial charge >= 0.3 is 0 Å². The molecular weight excluding hydrogens is 208 g/mol. The van der Waals surface area contributed by atoms with E-state index < -0.39 is 0 Å². The maximum Gasteiger partial charge on any atom is 0.196 e. The van der Waals surface area contributed by atoms with E-state index in [9.17, 15) is 0 Å². The molecule has 0 atom stereocenters. The summed E-state index contributed by atoms with van der Waals surface area (Å²) in [6, 6.07) is 7.78. The van der Waals surface area contributed by atoms with Crippen molar-refractivity contribution in [2.24, 2.45) is 0 Å². The minimum Gasteiger partial charge on any atom is -0.496 e. The minimum absolute atomic E-state index is 0.480. The highest BCUT2D eigenvalue weighted by Crippen LogP contribution is 2.27. The lowest BCUT2D eigenvalue weighted by Crippen LogP contribution is -1.89. The first-order chi connectivity index (χ1) is 7.31. The zero-order valence-corrected chi connectivity index (χ0v) is 9.04. The molecule has 1 aromatic heterocycles. The second-order valence-corrected chi connectivity index (χ2v) is 3.39. The van der Waals surface area contributed by atoms with Crippen LogP contribution in [-0.4, -0.2) is 17.1 Å². The molecule has 3 nitrogen and oxygen atoms in total. The third-order valence-corrected chi connectivity index (χ3v) is 2.31. The van der Waals surface area contributed by atoms with Gasteiger partial charge in [0.05, 0.1) is 7.11 Å². The number of hydrogen-bond donors (Lipinski definition) is 1. The molecule has 0 fully saturated rings. The van der Waals surface area contributed by atoms with E-state index >= 15 is 0 Å². The summed E-state index contributed by atoms with van der Waals surface area (Å²) in [5, 5.41) is 0. The first-order valence-electron chi connectivity index (χ1n) is 4.49. The molecular formula is C11H10N2OS. The Morgan fingerprint density at radius 1 is 1.33 bits per heavy atom. The Bertz CT molecular complexity index is 501. The molecule has 2 rings (SSSR count). The van der Waals surface area contributed by atoms with Crippen molar-refractivity contribution in [3.05, 3.63) is 41.4 Å². The van der Waals surface area contributed by atoms with Crippen LogP contribution in [-0.2, 0) is 0 Å². The standard InChI is InChI=1S/C11H10N2OS/c1-14-10-5-3-2-4-9(10)8-6-12-11(15)13-7-8/h2-7H,1H3,(H,12,13,15). The number of para-hydroxylation sites is 1. The molecule has 1 aromatic carbocycles. The Morgan fingerprint density at radius 2 is 2.13 bits per heavy atom. The van der Waals surface area contributed by atoms with Crippen LogP contribution in [0.5, 0.6) is 5.75 Å². The van der Waals surface area contributed by atoms with Crippen molar-refractivity contribution in [1.82, 2.24) is 9.97 Å². The summed E-state index contributed by atoms with van der Waals surface area (Å²) < 4.78 is 5.74. The van der Waals surface area contributed by atoms with E-state index in [4.69, 9.17) is 17.0 Å². The fourth-order valence-electron chi connectivity index (χ4n) is 1.37. The molecule has 76 valence electrons. The van der Waals surface area contributed by atoms with Crippen LogP contribution in [0.2, 0.25) is 0 Å². The molecule has 2 aromatic rings. The van der Waals surface area contributed by atoms with Gasteiger partial charge < -0.3 is 9.72 Å². The maximum atomic E-state index is 5.26. The van der Waals surface area contributed by atoms with Crippen LogP contribution in [0.15, 0.2) is 36.7 Å². The average Bonchev–Trinajstić information content (AvgIpc) is 2.30. The van der Waals surface area contributed by atoms with Crippen molar-refractivity contribution in [3.8, 4) is 16.9 Å². The number of H-pyrrole nitrogens is 1. The fourth-order valence-corrected chi connectivity index (χ4v) is 1.48. The summed E-state index contributed by atoms with van der Waals surface area (Å²) >= 11 is 4.88. The van der Waals surface area contributed by atoms with Crippen LogP contribution in [0.25, 0.3) is 11.1 Å². The van der Waals surface area contributed by atoms with Crippen molar-refractivity contribution in [3.63, 3.8) is 0 Å². The number of nitrogens with one attached hydrogen (secondary N) is 1. The lowest BCUT2D eigenvalue weighted by molar-refractivity contribution is 0.416. The molecule has 0 radical (unpaired) electrons. The van der Waals surface area contributed by atoms with Gasteiger partial charge in [-0.3, -0.25) is 0 Å². The molecule has 0 saturated carbocycles. The van der Waals surface area contributed by atoms with Crippen molar-refractivity contribution in [2.45, 2.75) is 0 Å². The van der Waals surface area contributed by atoms with E-state index in [2.05, 4.69) is 9.97 Å². The molecule has 15 heavy (non-hydrogen) atoms. The molecule has 0 spiro atoms. The van der Waals surface area contributed by atoms with E-state index in [0.29, 0.717) is 4.77 Å². The number of rotatable bonds is 2. The van der Waals surface area contributed by atoms with Gasteiger partial charge in [-0.15, -0.1) is 0 Å². The topological polar surface area (TPSA) is 37.9 Å². The highest BCUT2D eigenvalue weighted by Gasteiger charge is 2.03. The van der Waals surface area contributed by atoms with Crippen molar-refractivity contribution < 1.29 is 4.74 Å². The Kier molecular flexibility index (Phi) is 2.78. The van der Waals surface area contributed by atoms with Crippen LogP contribution in [0.3, 0.4) is 0 Å². The normalized spacial score (nSPS) is 9.93. The Labute approximate surface area is 92.8 Å². The number of benzene rings is 1. The van der Waals surface area contributed by atoms with Crippen LogP contribution in [0.4, 0.5) is 0 Å². The van der Waals surface area contributed by atoms with Gasteiger partial charge in [-0.1, -0.05) is 18.2 Å². The maximum absolute atomic E-state index is 5.26. The van der Waals surface area contributed by atoms with Gasteiger partial charge in [-0.25, -0.2) is 4.98 Å². The minimum atomic E-state index is 0.480. The molecule has 0 unspecified atom stereocenters. The van der Waals surface area contributed by atoms with E-state index in [1.807, 2.05) is 30.5 Å². The molecule has 0 aliphatic heterocycles. The van der Waals surface area contributed by atoms with E-state index in [-0.39, 0.29) is 0 Å². The fraction of sp³-hybridized carbons (Fsp3) is 0.0909. The highest BCUT2D eigenvalue weighted by molar-refractivity contribution is 7.71. The second-order valence-electron chi connectivity index (χ2n) is 3.01. The first-order valence-corrected chi connectivity index (χ1v) is 4.90. The molecule has 1 heterocycles. The van der Waals surface area contributed by atoms with Crippen LogP contribution >= 0.6 is 12.2 Å². The Morgan fingerprint density at radius 3 is 2.80 bits per heavy atom. The molecule has 0 aliphatic rings. The monoisotopic (exact) mass is 218 g/mol.